The second kappa shape index (κ2) is 7.08. The topological polar surface area (TPSA) is 117 Å². The fourth-order valence-electron chi connectivity index (χ4n) is 4.67. The second-order valence-corrected chi connectivity index (χ2v) is 8.87. The molecule has 5 rings (SSSR count). The molecule has 0 radical (unpaired) electrons. The maximum atomic E-state index is 13.0. The van der Waals surface area contributed by atoms with E-state index in [0.29, 0.717) is 30.1 Å². The Hall–Kier alpha value is -1.49. The Labute approximate surface area is 168 Å². The first-order chi connectivity index (χ1) is 13.5. The summed E-state index contributed by atoms with van der Waals surface area (Å²) in [5.41, 5.74) is 10.2. The molecule has 0 bridgehead atoms. The average Bonchev–Trinajstić information content (AvgIpc) is 2.92. The number of aromatic nitrogens is 1. The highest BCUT2D eigenvalue weighted by Crippen LogP contribution is 2.42. The van der Waals surface area contributed by atoms with Gasteiger partial charge in [-0.15, -0.1) is 11.6 Å². The van der Waals surface area contributed by atoms with Gasteiger partial charge in [0.1, 0.15) is 17.5 Å². The first-order valence-corrected chi connectivity index (χ1v) is 10.3. The molecular formula is C18H26ClN7O2. The summed E-state index contributed by atoms with van der Waals surface area (Å²) in [7, 11) is 0. The van der Waals surface area contributed by atoms with Crippen LogP contribution in [0, 0.1) is 5.92 Å². The summed E-state index contributed by atoms with van der Waals surface area (Å²) in [5.74, 6) is 0.0244. The molecule has 0 aromatic carbocycles. The van der Waals surface area contributed by atoms with Crippen molar-refractivity contribution in [2.45, 2.75) is 48.6 Å². The zero-order valence-corrected chi connectivity index (χ0v) is 16.3. The lowest BCUT2D eigenvalue weighted by molar-refractivity contribution is -0.121. The SMILES string of the molecule is NC1NN2CC(Cl)CNC2C1C(=O)Nc1cnccc1O[C@H]1C[C@]2(CCN2)C1. The summed E-state index contributed by atoms with van der Waals surface area (Å²) >= 11 is 6.20. The number of nitrogens with one attached hydrogen (secondary N) is 4. The van der Waals surface area contributed by atoms with Crippen molar-refractivity contribution in [3.05, 3.63) is 18.5 Å². The van der Waals surface area contributed by atoms with Crippen LogP contribution in [0.5, 0.6) is 5.75 Å². The van der Waals surface area contributed by atoms with E-state index in [1.54, 1.807) is 18.5 Å². The first kappa shape index (κ1) is 18.5. The molecule has 28 heavy (non-hydrogen) atoms. The molecule has 4 aliphatic rings. The van der Waals surface area contributed by atoms with Gasteiger partial charge in [0.05, 0.1) is 29.8 Å². The molecule has 10 heteroatoms. The third-order valence-corrected chi connectivity index (χ3v) is 6.59. The van der Waals surface area contributed by atoms with E-state index in [2.05, 4.69) is 26.4 Å². The summed E-state index contributed by atoms with van der Waals surface area (Å²) in [4.78, 5) is 17.2. The van der Waals surface area contributed by atoms with Gasteiger partial charge >= 0.3 is 0 Å². The van der Waals surface area contributed by atoms with Crippen LogP contribution in [0.1, 0.15) is 19.3 Å². The fraction of sp³-hybridized carbons (Fsp3) is 0.667. The number of anilines is 1. The average molecular weight is 408 g/mol. The maximum absolute atomic E-state index is 13.0. The quantitative estimate of drug-likeness (QED) is 0.426. The highest BCUT2D eigenvalue weighted by Gasteiger charge is 2.50. The number of carbonyl (C=O) groups is 1. The van der Waals surface area contributed by atoms with Crippen LogP contribution in [0.25, 0.3) is 0 Å². The standard InChI is InChI=1S/C18H26ClN7O2/c19-10-7-22-16-14(15(20)25-26(16)9-10)17(27)24-12-8-21-3-1-13(12)28-11-5-18(6-11)2-4-23-18/h1,3,8,10-11,14-16,22-23,25H,2,4-7,9,20H2,(H,24,27)/t10?,11-,14?,15?,16?,18+. The van der Waals surface area contributed by atoms with Crippen LogP contribution in [0.2, 0.25) is 0 Å². The zero-order chi connectivity index (χ0) is 19.3. The van der Waals surface area contributed by atoms with Crippen molar-refractivity contribution in [3.63, 3.8) is 0 Å². The van der Waals surface area contributed by atoms with E-state index < -0.39 is 12.1 Å². The molecular weight excluding hydrogens is 382 g/mol. The van der Waals surface area contributed by atoms with Crippen LogP contribution in [-0.2, 0) is 4.79 Å². The van der Waals surface area contributed by atoms with Gasteiger partial charge in [0.2, 0.25) is 5.91 Å². The minimum absolute atomic E-state index is 0.0213. The van der Waals surface area contributed by atoms with Crippen LogP contribution in [0.15, 0.2) is 18.5 Å². The van der Waals surface area contributed by atoms with Crippen LogP contribution in [-0.4, -0.2) is 64.9 Å². The minimum Gasteiger partial charge on any atom is -0.488 e. The van der Waals surface area contributed by atoms with Crippen LogP contribution < -0.4 is 31.8 Å². The first-order valence-electron chi connectivity index (χ1n) is 9.85. The smallest absolute Gasteiger partial charge is 0.233 e. The van der Waals surface area contributed by atoms with E-state index in [9.17, 15) is 4.79 Å². The van der Waals surface area contributed by atoms with Crippen LogP contribution in [0.3, 0.4) is 0 Å². The summed E-state index contributed by atoms with van der Waals surface area (Å²) in [6, 6.07) is 1.80. The number of carbonyl (C=O) groups excluding carboxylic acids is 1. The van der Waals surface area contributed by atoms with Gasteiger partial charge in [0, 0.05) is 43.7 Å². The summed E-state index contributed by atoms with van der Waals surface area (Å²) in [6.45, 7) is 2.37. The predicted octanol–water partition coefficient (Wildman–Crippen LogP) is -0.449. The number of halogens is 1. The summed E-state index contributed by atoms with van der Waals surface area (Å²) in [6.07, 6.45) is 6.00. The van der Waals surface area contributed by atoms with Crippen molar-refractivity contribution < 1.29 is 9.53 Å². The number of hydrogen-bond donors (Lipinski definition) is 5. The molecule has 1 aromatic rings. The molecule has 1 amide bonds. The highest BCUT2D eigenvalue weighted by atomic mass is 35.5. The van der Waals surface area contributed by atoms with Gasteiger partial charge < -0.3 is 21.1 Å². The number of nitrogens with zero attached hydrogens (tertiary/aromatic N) is 2. The second-order valence-electron chi connectivity index (χ2n) is 8.25. The normalized spacial score (nSPS) is 39.7. The van der Waals surface area contributed by atoms with Crippen LogP contribution >= 0.6 is 11.6 Å². The van der Waals surface area contributed by atoms with Gasteiger partial charge in [-0.25, -0.2) is 10.4 Å². The Balaban J connectivity index is 1.25. The Morgan fingerprint density at radius 1 is 1.46 bits per heavy atom. The molecule has 3 aliphatic heterocycles. The van der Waals surface area contributed by atoms with Crippen molar-refractivity contribution in [1.82, 2.24) is 26.1 Å². The molecule has 1 saturated carbocycles. The lowest BCUT2D eigenvalue weighted by atomic mass is 9.68. The number of amides is 1. The Morgan fingerprint density at radius 2 is 2.29 bits per heavy atom. The molecule has 4 heterocycles. The monoisotopic (exact) mass is 407 g/mol. The van der Waals surface area contributed by atoms with Crippen molar-refractivity contribution >= 4 is 23.2 Å². The maximum Gasteiger partial charge on any atom is 0.233 e. The Morgan fingerprint density at radius 3 is 3.04 bits per heavy atom. The number of hydrogen-bond acceptors (Lipinski definition) is 8. The third-order valence-electron chi connectivity index (χ3n) is 6.30. The van der Waals surface area contributed by atoms with Crippen molar-refractivity contribution in [1.29, 1.82) is 0 Å². The van der Waals surface area contributed by atoms with Crippen molar-refractivity contribution in [2.75, 3.05) is 25.0 Å². The largest absolute Gasteiger partial charge is 0.488 e. The molecule has 6 N–H and O–H groups in total. The predicted molar refractivity (Wildman–Crippen MR) is 105 cm³/mol. The van der Waals surface area contributed by atoms with E-state index in [0.717, 1.165) is 19.4 Å². The number of ether oxygens (including phenoxy) is 1. The molecule has 1 spiro atoms. The number of hydrazine groups is 1. The molecule has 9 nitrogen and oxygen atoms in total. The zero-order valence-electron chi connectivity index (χ0n) is 15.5. The number of pyridine rings is 1. The molecule has 4 atom stereocenters. The molecule has 4 unspecified atom stereocenters. The number of alkyl halides is 1. The van der Waals surface area contributed by atoms with Crippen LogP contribution in [0.4, 0.5) is 5.69 Å². The molecule has 1 aromatic heterocycles. The van der Waals surface area contributed by atoms with E-state index in [-0.39, 0.29) is 23.6 Å². The van der Waals surface area contributed by atoms with Gasteiger partial charge in [-0.3, -0.25) is 15.1 Å². The number of nitrogens with two attached hydrogens (primary N) is 1. The van der Waals surface area contributed by atoms with E-state index in [1.807, 2.05) is 5.01 Å². The Kier molecular flexibility index (Phi) is 4.69. The lowest BCUT2D eigenvalue weighted by Crippen LogP contribution is -2.67. The Bertz CT molecular complexity index is 753. The van der Waals surface area contributed by atoms with E-state index >= 15 is 0 Å². The third kappa shape index (κ3) is 3.26. The van der Waals surface area contributed by atoms with E-state index in [4.69, 9.17) is 22.1 Å². The van der Waals surface area contributed by atoms with Gasteiger partial charge in [-0.2, -0.15) is 0 Å². The number of fused-ring (bicyclic) bond motifs is 1. The lowest BCUT2D eigenvalue weighted by Gasteiger charge is -2.54. The molecule has 152 valence electrons. The van der Waals surface area contributed by atoms with Gasteiger partial charge in [0.25, 0.3) is 0 Å². The highest BCUT2D eigenvalue weighted by molar-refractivity contribution is 6.21. The van der Waals surface area contributed by atoms with Crippen molar-refractivity contribution in [3.8, 4) is 5.75 Å². The summed E-state index contributed by atoms with van der Waals surface area (Å²) in [5, 5.41) is 11.6. The molecule has 3 saturated heterocycles. The van der Waals surface area contributed by atoms with Gasteiger partial charge in [-0.1, -0.05) is 0 Å². The number of rotatable bonds is 4. The van der Waals surface area contributed by atoms with Gasteiger partial charge in [0.15, 0.2) is 0 Å². The summed E-state index contributed by atoms with van der Waals surface area (Å²) < 4.78 is 6.14. The molecule has 4 fully saturated rings. The van der Waals surface area contributed by atoms with Crippen molar-refractivity contribution in [2.24, 2.45) is 11.7 Å². The molecule has 1 aliphatic carbocycles. The fourth-order valence-corrected chi connectivity index (χ4v) is 4.91. The minimum atomic E-state index is -0.489. The van der Waals surface area contributed by atoms with E-state index in [1.165, 1.54) is 6.42 Å². The van der Waals surface area contributed by atoms with Gasteiger partial charge in [-0.05, 0) is 13.0 Å².